The maximum atomic E-state index is 14.1. The van der Waals surface area contributed by atoms with Crippen LogP contribution >= 0.6 is 11.3 Å². The van der Waals surface area contributed by atoms with Gasteiger partial charge in [0.1, 0.15) is 60.1 Å². The number of rotatable bonds is 22. The molecule has 1 aliphatic carbocycles. The Morgan fingerprint density at radius 1 is 0.854 bits per heavy atom. The number of piperidine rings is 1. The molecule has 4 fully saturated rings. The summed E-state index contributed by atoms with van der Waals surface area (Å²) in [5.74, 6) is 2.53. The number of hydrogen-bond donors (Lipinski definition) is 4. The fourth-order valence-corrected chi connectivity index (χ4v) is 12.0. The number of nitrogens with zero attached hydrogens (tertiary/aromatic N) is 10. The quantitative estimate of drug-likeness (QED) is 0.0521. The Morgan fingerprint density at radius 3 is 2.30 bits per heavy atom. The molecule has 22 heteroatoms. The molecule has 3 atom stereocenters. The first-order valence-electron chi connectivity index (χ1n) is 28.8. The molecule has 2 aromatic carbocycles. The summed E-state index contributed by atoms with van der Waals surface area (Å²) < 4.78 is 26.3. The van der Waals surface area contributed by atoms with Crippen LogP contribution in [0.1, 0.15) is 89.8 Å². The van der Waals surface area contributed by atoms with Gasteiger partial charge in [0.15, 0.2) is 0 Å². The number of aliphatic hydroxyl groups is 1. The fraction of sp³-hybridized carbons (Fsp3) is 0.533. The number of benzene rings is 2. The molecule has 0 radical (unpaired) electrons. The Labute approximate surface area is 484 Å². The smallest absolute Gasteiger partial charge is 0.246 e. The van der Waals surface area contributed by atoms with E-state index in [0.29, 0.717) is 43.6 Å². The van der Waals surface area contributed by atoms with Gasteiger partial charge in [-0.05, 0) is 80.5 Å². The third kappa shape index (κ3) is 14.3. The summed E-state index contributed by atoms with van der Waals surface area (Å²) in [5.41, 5.74) is 7.02. The number of nitrogens with one attached hydrogen (secondary N) is 3. The van der Waals surface area contributed by atoms with E-state index in [2.05, 4.69) is 76.1 Å². The van der Waals surface area contributed by atoms with E-state index in [9.17, 15) is 19.5 Å². The summed E-state index contributed by atoms with van der Waals surface area (Å²) in [4.78, 5) is 73.8. The van der Waals surface area contributed by atoms with Crippen molar-refractivity contribution in [3.63, 3.8) is 0 Å². The number of carbonyl (C=O) groups excluding carboxylic acids is 3. The van der Waals surface area contributed by atoms with E-state index in [1.807, 2.05) is 81.7 Å². The highest BCUT2D eigenvalue weighted by molar-refractivity contribution is 7.13. The zero-order valence-electron chi connectivity index (χ0n) is 48.3. The Bertz CT molecular complexity index is 3110. The van der Waals surface area contributed by atoms with Gasteiger partial charge in [-0.3, -0.25) is 19.3 Å². The van der Waals surface area contributed by atoms with Crippen molar-refractivity contribution in [3.05, 3.63) is 95.6 Å². The van der Waals surface area contributed by atoms with E-state index in [4.69, 9.17) is 28.9 Å². The third-order valence-corrected chi connectivity index (χ3v) is 17.0. The first kappa shape index (κ1) is 58.4. The Kier molecular flexibility index (Phi) is 18.6. The number of ether oxygens (including phenoxy) is 4. The van der Waals surface area contributed by atoms with Crippen molar-refractivity contribution in [2.45, 2.75) is 129 Å². The minimum absolute atomic E-state index is 0.00311. The lowest BCUT2D eigenvalue weighted by Gasteiger charge is -2.37. The molecule has 3 unspecified atom stereocenters. The second-order valence-electron chi connectivity index (χ2n) is 23.3. The summed E-state index contributed by atoms with van der Waals surface area (Å²) in [6, 6.07) is 18.4. The van der Waals surface area contributed by atoms with Gasteiger partial charge in [0.05, 0.1) is 52.7 Å². The minimum Gasteiger partial charge on any atom is -0.490 e. The van der Waals surface area contributed by atoms with Crippen molar-refractivity contribution in [2.24, 2.45) is 5.41 Å². The first-order valence-corrected chi connectivity index (χ1v) is 29.7. The van der Waals surface area contributed by atoms with Crippen LogP contribution in [-0.4, -0.2) is 171 Å². The number of β-amino-alcohol motifs (C(OH)–C–C–N with tert-alkyl or cyclic N) is 1. The van der Waals surface area contributed by atoms with Gasteiger partial charge >= 0.3 is 0 Å². The number of anilines is 4. The number of carbonyl (C=O) groups is 3. The van der Waals surface area contributed by atoms with Crippen molar-refractivity contribution < 1.29 is 38.4 Å². The molecule has 1 saturated carbocycles. The minimum atomic E-state index is -0.948. The summed E-state index contributed by atoms with van der Waals surface area (Å²) in [6.45, 7) is 19.1. The van der Waals surface area contributed by atoms with Gasteiger partial charge in [-0.15, -0.1) is 11.3 Å². The molecular formula is C60H79N13O8S. The number of piperazine rings is 1. The van der Waals surface area contributed by atoms with Gasteiger partial charge in [0.25, 0.3) is 0 Å². The van der Waals surface area contributed by atoms with E-state index < -0.39 is 35.4 Å². The van der Waals surface area contributed by atoms with Crippen LogP contribution in [-0.2, 0) is 41.7 Å². The third-order valence-electron chi connectivity index (χ3n) is 16.0. The lowest BCUT2D eigenvalue weighted by atomic mass is 9.85. The maximum absolute atomic E-state index is 14.1. The van der Waals surface area contributed by atoms with Crippen LogP contribution in [0.25, 0.3) is 21.5 Å². The van der Waals surface area contributed by atoms with Crippen LogP contribution < -0.4 is 30.5 Å². The molecule has 3 amide bonds. The number of amides is 3. The van der Waals surface area contributed by atoms with Gasteiger partial charge < -0.3 is 59.3 Å². The number of fused-ring (bicyclic) bond motifs is 1. The summed E-state index contributed by atoms with van der Waals surface area (Å²) in [7, 11) is 1.77. The van der Waals surface area contributed by atoms with Gasteiger partial charge in [0, 0.05) is 109 Å². The summed E-state index contributed by atoms with van der Waals surface area (Å²) >= 11 is 1.58. The van der Waals surface area contributed by atoms with Crippen LogP contribution in [0, 0.1) is 12.3 Å². The predicted molar refractivity (Wildman–Crippen MR) is 315 cm³/mol. The standard InChI is InChI=1S/C60H79N13O8S/c1-38(2)73-49-31-52(66-51-16-19-61-59(67-51)71-20-17-44(78-7)18-21-71)62-33-48(49)65-53(73)35-79-27-26-69-22-24-70(25-23-69)42-12-14-45(15-13-42)81-47-29-46(30-47)80-36-54(75)68-56(60(4,5)6)58(77)72-34-43(74)28-50(72)57(76)63-32-40-8-10-41(11-9-40)55-39(3)64-37-82-55/h8-16,19,31,33,37-38,43-44,46-47,50,56,74H,17-18,20-30,32,34-36H2,1-7H3,(H,63,76)(H,68,75)(H,61,62,66,67). The fourth-order valence-electron chi connectivity index (χ4n) is 11.2. The first-order chi connectivity index (χ1) is 39.5. The number of pyridine rings is 1. The number of likely N-dealkylation sites (tertiary alicyclic amines) is 1. The average Bonchev–Trinajstić information content (AvgIpc) is 4.21. The molecule has 3 aliphatic heterocycles. The van der Waals surface area contributed by atoms with E-state index in [-0.39, 0.29) is 56.4 Å². The van der Waals surface area contributed by atoms with Crippen LogP contribution in [0.3, 0.4) is 0 Å². The second kappa shape index (κ2) is 26.2. The number of thiazole rings is 1. The van der Waals surface area contributed by atoms with E-state index in [1.54, 1.807) is 30.8 Å². The molecule has 3 saturated heterocycles. The van der Waals surface area contributed by atoms with Crippen molar-refractivity contribution in [3.8, 4) is 16.2 Å². The molecule has 4 N–H and O–H groups in total. The number of hydrogen-bond acceptors (Lipinski definition) is 18. The Balaban J connectivity index is 0.617. The zero-order valence-corrected chi connectivity index (χ0v) is 49.1. The second-order valence-corrected chi connectivity index (χ2v) is 24.2. The van der Waals surface area contributed by atoms with Crippen LogP contribution in [0.15, 0.2) is 78.6 Å². The molecule has 6 aromatic rings. The monoisotopic (exact) mass is 1140 g/mol. The van der Waals surface area contributed by atoms with Gasteiger partial charge in [-0.2, -0.15) is 4.98 Å². The van der Waals surface area contributed by atoms with Gasteiger partial charge in [-0.25, -0.2) is 19.9 Å². The van der Waals surface area contributed by atoms with Crippen molar-refractivity contribution in [2.75, 3.05) is 87.8 Å². The molecule has 21 nitrogen and oxygen atoms in total. The topological polar surface area (TPSA) is 227 Å². The molecule has 438 valence electrons. The van der Waals surface area contributed by atoms with Crippen molar-refractivity contribution in [1.82, 2.24) is 49.9 Å². The Morgan fingerprint density at radius 2 is 1.61 bits per heavy atom. The van der Waals surface area contributed by atoms with Crippen molar-refractivity contribution in [1.29, 1.82) is 0 Å². The van der Waals surface area contributed by atoms with Crippen LogP contribution in [0.4, 0.5) is 23.3 Å². The molecule has 7 heterocycles. The Hall–Kier alpha value is -6.82. The number of methoxy groups -OCH3 is 1. The number of imidazole rings is 1. The van der Waals surface area contributed by atoms with Crippen molar-refractivity contribution >= 4 is 63.4 Å². The molecule has 4 aliphatic rings. The zero-order chi connectivity index (χ0) is 57.5. The van der Waals surface area contributed by atoms with E-state index >= 15 is 0 Å². The largest absolute Gasteiger partial charge is 0.490 e. The molecule has 82 heavy (non-hydrogen) atoms. The van der Waals surface area contributed by atoms with Gasteiger partial charge in [0.2, 0.25) is 23.7 Å². The van der Waals surface area contributed by atoms with E-state index in [1.165, 1.54) is 4.90 Å². The highest BCUT2D eigenvalue weighted by atomic mass is 32.1. The lowest BCUT2D eigenvalue weighted by molar-refractivity contribution is -0.146. The molecule has 10 rings (SSSR count). The highest BCUT2D eigenvalue weighted by Gasteiger charge is 2.45. The SMILES string of the molecule is COC1CCN(c2nccc(Nc3cc4c(cn3)nc(COCCN3CCN(c5ccc(OC6CC(OCC(=O)NC(C(=O)N7CC(O)CC7C(=O)NCc7ccc(-c8scnc8C)cc7)C(C)(C)C)C6)cc5)CC3)n4C(C)C)n2)CC1. The number of aliphatic hydroxyl groups excluding tert-OH is 1. The van der Waals surface area contributed by atoms with Gasteiger partial charge in [-0.1, -0.05) is 45.0 Å². The molecule has 4 aromatic heterocycles. The number of aryl methyl sites for hydroxylation is 1. The normalized spacial score (nSPS) is 20.3. The molecule has 0 bridgehead atoms. The summed E-state index contributed by atoms with van der Waals surface area (Å²) in [5, 5.41) is 19.9. The average molecular weight is 1140 g/mol. The predicted octanol–water partition coefficient (Wildman–Crippen LogP) is 6.67. The van der Waals surface area contributed by atoms with Crippen LogP contribution in [0.5, 0.6) is 5.75 Å². The maximum Gasteiger partial charge on any atom is 0.246 e. The highest BCUT2D eigenvalue weighted by Crippen LogP contribution is 2.32. The molecule has 0 spiro atoms. The van der Waals surface area contributed by atoms with E-state index in [0.717, 1.165) is 109 Å². The number of aromatic nitrogens is 6. The molecular weight excluding hydrogens is 1060 g/mol. The lowest BCUT2D eigenvalue weighted by Crippen LogP contribution is -2.58. The summed E-state index contributed by atoms with van der Waals surface area (Å²) in [6.07, 6.45) is 6.09. The van der Waals surface area contributed by atoms with Crippen LogP contribution in [0.2, 0.25) is 0 Å².